The van der Waals surface area contributed by atoms with Crippen molar-refractivity contribution >= 4 is 5.91 Å². The van der Waals surface area contributed by atoms with Gasteiger partial charge < -0.3 is 15.0 Å². The van der Waals surface area contributed by atoms with E-state index in [1.54, 1.807) is 11.8 Å². The number of benzene rings is 1. The lowest BCUT2D eigenvalue weighted by atomic mass is 10.1. The average Bonchev–Trinajstić information content (AvgIpc) is 2.49. The molecule has 118 valence electrons. The Hall–Kier alpha value is -1.55. The van der Waals surface area contributed by atoms with Gasteiger partial charge in [-0.05, 0) is 51.9 Å². The van der Waals surface area contributed by atoms with E-state index in [1.807, 2.05) is 38.1 Å². The molecule has 0 fully saturated rings. The topological polar surface area (TPSA) is 41.6 Å². The molecule has 2 atom stereocenters. The number of amides is 1. The lowest BCUT2D eigenvalue weighted by Gasteiger charge is -2.23. The number of carbonyl (C=O) groups excluding carboxylic acids is 1. The van der Waals surface area contributed by atoms with Crippen molar-refractivity contribution in [3.05, 3.63) is 29.8 Å². The van der Waals surface area contributed by atoms with Crippen molar-refractivity contribution in [1.82, 2.24) is 10.2 Å². The first kappa shape index (κ1) is 17.5. The van der Waals surface area contributed by atoms with Gasteiger partial charge in [-0.3, -0.25) is 4.79 Å². The van der Waals surface area contributed by atoms with Gasteiger partial charge in [0.2, 0.25) is 0 Å². The summed E-state index contributed by atoms with van der Waals surface area (Å²) in [4.78, 5) is 13.9. The first-order valence-electron chi connectivity index (χ1n) is 7.82. The predicted molar refractivity (Wildman–Crippen MR) is 86.6 cm³/mol. The molecule has 21 heavy (non-hydrogen) atoms. The van der Waals surface area contributed by atoms with Gasteiger partial charge in [-0.1, -0.05) is 19.1 Å². The number of likely N-dealkylation sites (N-methyl/N-ethyl adjacent to an activating group) is 1. The Kier molecular flexibility index (Phi) is 7.23. The van der Waals surface area contributed by atoms with Gasteiger partial charge in [0.15, 0.2) is 6.10 Å². The van der Waals surface area contributed by atoms with Crippen LogP contribution in [-0.4, -0.2) is 36.5 Å². The minimum Gasteiger partial charge on any atom is -0.481 e. The normalized spacial score (nSPS) is 13.6. The highest BCUT2D eigenvalue weighted by molar-refractivity contribution is 5.80. The summed E-state index contributed by atoms with van der Waals surface area (Å²) >= 11 is 0. The molecule has 0 heterocycles. The third-order valence-corrected chi connectivity index (χ3v) is 3.63. The fourth-order valence-electron chi connectivity index (χ4n) is 2.31. The molecule has 0 aromatic heterocycles. The molecule has 1 aromatic carbocycles. The molecule has 0 spiro atoms. The molecule has 0 bridgehead atoms. The third kappa shape index (κ3) is 5.05. The summed E-state index contributed by atoms with van der Waals surface area (Å²) in [6, 6.07) is 8.25. The zero-order valence-electron chi connectivity index (χ0n) is 13.8. The van der Waals surface area contributed by atoms with E-state index >= 15 is 0 Å². The van der Waals surface area contributed by atoms with Gasteiger partial charge in [-0.15, -0.1) is 0 Å². The fourth-order valence-corrected chi connectivity index (χ4v) is 2.31. The molecule has 0 radical (unpaired) electrons. The Balaban J connectivity index is 2.65. The van der Waals surface area contributed by atoms with Crippen LogP contribution in [0.3, 0.4) is 0 Å². The second-order valence-electron chi connectivity index (χ2n) is 5.12. The van der Waals surface area contributed by atoms with E-state index in [1.165, 1.54) is 5.56 Å². The van der Waals surface area contributed by atoms with Crippen molar-refractivity contribution in [3.63, 3.8) is 0 Å². The molecular weight excluding hydrogens is 264 g/mol. The molecule has 0 aliphatic rings. The molecule has 0 aliphatic heterocycles. The first-order chi connectivity index (χ1) is 10.0. The SMILES string of the molecule is CCNC(C)c1ccc(OC(C)C(=O)N(CC)CC)cc1. The average molecular weight is 292 g/mol. The maximum Gasteiger partial charge on any atom is 0.263 e. The third-order valence-electron chi connectivity index (χ3n) is 3.63. The Morgan fingerprint density at radius 1 is 1.14 bits per heavy atom. The highest BCUT2D eigenvalue weighted by Gasteiger charge is 2.19. The highest BCUT2D eigenvalue weighted by Crippen LogP contribution is 2.18. The second kappa shape index (κ2) is 8.67. The van der Waals surface area contributed by atoms with E-state index < -0.39 is 6.10 Å². The molecule has 0 saturated carbocycles. The van der Waals surface area contributed by atoms with Gasteiger partial charge in [-0.25, -0.2) is 0 Å². The highest BCUT2D eigenvalue weighted by atomic mass is 16.5. The number of carbonyl (C=O) groups is 1. The van der Waals surface area contributed by atoms with E-state index in [4.69, 9.17) is 4.74 Å². The van der Waals surface area contributed by atoms with Crippen LogP contribution >= 0.6 is 0 Å². The summed E-state index contributed by atoms with van der Waals surface area (Å²) in [5, 5.41) is 3.37. The summed E-state index contributed by atoms with van der Waals surface area (Å²) in [6.07, 6.45) is -0.457. The Bertz CT molecular complexity index is 427. The Labute approximate surface area is 128 Å². The molecule has 4 heteroatoms. The largest absolute Gasteiger partial charge is 0.481 e. The minimum absolute atomic E-state index is 0.0325. The summed E-state index contributed by atoms with van der Waals surface area (Å²) in [5.41, 5.74) is 1.21. The van der Waals surface area contributed by atoms with Crippen LogP contribution in [0.2, 0.25) is 0 Å². The quantitative estimate of drug-likeness (QED) is 0.801. The van der Waals surface area contributed by atoms with Gasteiger partial charge in [0, 0.05) is 19.1 Å². The van der Waals surface area contributed by atoms with Crippen LogP contribution in [0.25, 0.3) is 0 Å². The molecular formula is C17H28N2O2. The van der Waals surface area contributed by atoms with E-state index in [9.17, 15) is 4.79 Å². The van der Waals surface area contributed by atoms with Crippen molar-refractivity contribution in [1.29, 1.82) is 0 Å². The molecule has 4 nitrogen and oxygen atoms in total. The Morgan fingerprint density at radius 3 is 2.19 bits per heavy atom. The van der Waals surface area contributed by atoms with E-state index in [2.05, 4.69) is 19.2 Å². The summed E-state index contributed by atoms with van der Waals surface area (Å²) < 4.78 is 5.74. The van der Waals surface area contributed by atoms with Gasteiger partial charge in [0.05, 0.1) is 0 Å². The maximum atomic E-state index is 12.2. The van der Waals surface area contributed by atoms with Gasteiger partial charge in [0.25, 0.3) is 5.91 Å². The molecule has 1 amide bonds. The maximum absolute atomic E-state index is 12.2. The molecule has 1 aromatic rings. The van der Waals surface area contributed by atoms with Crippen LogP contribution in [0.4, 0.5) is 0 Å². The number of nitrogens with one attached hydrogen (secondary N) is 1. The van der Waals surface area contributed by atoms with Gasteiger partial charge in [0.1, 0.15) is 5.75 Å². The van der Waals surface area contributed by atoms with Crippen molar-refractivity contribution in [2.45, 2.75) is 46.8 Å². The zero-order valence-corrected chi connectivity index (χ0v) is 13.8. The zero-order chi connectivity index (χ0) is 15.8. The summed E-state index contributed by atoms with van der Waals surface area (Å²) in [5.74, 6) is 0.764. The summed E-state index contributed by atoms with van der Waals surface area (Å²) in [6.45, 7) is 12.3. The standard InChI is InChI=1S/C17H28N2O2/c1-6-18-13(4)15-9-11-16(12-10-15)21-14(5)17(20)19(7-2)8-3/h9-14,18H,6-8H2,1-5H3. The molecule has 1 N–H and O–H groups in total. The second-order valence-corrected chi connectivity index (χ2v) is 5.12. The predicted octanol–water partition coefficient (Wildman–Crippen LogP) is 2.99. The smallest absolute Gasteiger partial charge is 0.263 e. The lowest BCUT2D eigenvalue weighted by Crippen LogP contribution is -2.40. The van der Waals surface area contributed by atoms with E-state index in [0.29, 0.717) is 19.1 Å². The molecule has 0 saturated heterocycles. The van der Waals surface area contributed by atoms with Crippen molar-refractivity contribution < 1.29 is 9.53 Å². The van der Waals surface area contributed by atoms with Crippen LogP contribution in [0, 0.1) is 0 Å². The summed E-state index contributed by atoms with van der Waals surface area (Å²) in [7, 11) is 0. The van der Waals surface area contributed by atoms with Gasteiger partial charge >= 0.3 is 0 Å². The molecule has 2 unspecified atom stereocenters. The van der Waals surface area contributed by atoms with Crippen LogP contribution in [0.5, 0.6) is 5.75 Å². The van der Waals surface area contributed by atoms with Crippen LogP contribution in [0.15, 0.2) is 24.3 Å². The van der Waals surface area contributed by atoms with E-state index in [0.717, 1.165) is 12.3 Å². The number of ether oxygens (including phenoxy) is 1. The number of nitrogens with zero attached hydrogens (tertiary/aromatic N) is 1. The number of rotatable bonds is 8. The van der Waals surface area contributed by atoms with Crippen LogP contribution in [-0.2, 0) is 4.79 Å². The van der Waals surface area contributed by atoms with Crippen LogP contribution < -0.4 is 10.1 Å². The van der Waals surface area contributed by atoms with Crippen molar-refractivity contribution in [3.8, 4) is 5.75 Å². The molecule has 0 aliphatic carbocycles. The minimum atomic E-state index is -0.457. The Morgan fingerprint density at radius 2 is 1.71 bits per heavy atom. The monoisotopic (exact) mass is 292 g/mol. The van der Waals surface area contributed by atoms with Crippen LogP contribution in [0.1, 0.15) is 46.2 Å². The fraction of sp³-hybridized carbons (Fsp3) is 0.588. The first-order valence-corrected chi connectivity index (χ1v) is 7.82. The molecule has 1 rings (SSSR count). The van der Waals surface area contributed by atoms with Crippen molar-refractivity contribution in [2.75, 3.05) is 19.6 Å². The van der Waals surface area contributed by atoms with Gasteiger partial charge in [-0.2, -0.15) is 0 Å². The van der Waals surface area contributed by atoms with E-state index in [-0.39, 0.29) is 5.91 Å². The van der Waals surface area contributed by atoms with Crippen molar-refractivity contribution in [2.24, 2.45) is 0 Å². The number of hydrogen-bond donors (Lipinski definition) is 1. The number of hydrogen-bond acceptors (Lipinski definition) is 3. The lowest BCUT2D eigenvalue weighted by molar-refractivity contribution is -0.137.